The van der Waals surface area contributed by atoms with Crippen LogP contribution in [0.1, 0.15) is 6.92 Å². The predicted octanol–water partition coefficient (Wildman–Crippen LogP) is 0.489. The second-order valence-electron chi connectivity index (χ2n) is 3.98. The van der Waals surface area contributed by atoms with Crippen molar-refractivity contribution in [1.29, 1.82) is 0 Å². The Hall–Kier alpha value is -2.00. The second kappa shape index (κ2) is 5.97. The van der Waals surface area contributed by atoms with Gasteiger partial charge in [0.25, 0.3) is 0 Å². The van der Waals surface area contributed by atoms with E-state index in [1.807, 2.05) is 0 Å². The summed E-state index contributed by atoms with van der Waals surface area (Å²) in [5, 5.41) is 10.9. The van der Waals surface area contributed by atoms with Crippen LogP contribution in [0, 0.1) is 5.82 Å². The lowest BCUT2D eigenvalue weighted by Gasteiger charge is -2.15. The zero-order valence-electron chi connectivity index (χ0n) is 10.8. The summed E-state index contributed by atoms with van der Waals surface area (Å²) < 4.78 is 38.2. The molecule has 110 valence electrons. The molecule has 0 aliphatic carbocycles. The van der Waals surface area contributed by atoms with Gasteiger partial charge in [0.15, 0.2) is 0 Å². The van der Waals surface area contributed by atoms with Crippen molar-refractivity contribution in [2.75, 3.05) is 18.9 Å². The van der Waals surface area contributed by atoms with Crippen molar-refractivity contribution in [3.05, 3.63) is 24.0 Å². The molecule has 1 amide bonds. The van der Waals surface area contributed by atoms with Crippen LogP contribution in [-0.2, 0) is 19.6 Å². The first-order valence-corrected chi connectivity index (χ1v) is 6.84. The fourth-order valence-electron chi connectivity index (χ4n) is 1.43. The summed E-state index contributed by atoms with van der Waals surface area (Å²) in [6, 6.07) is 3.03. The maximum absolute atomic E-state index is 13.8. The minimum Gasteiger partial charge on any atom is -0.480 e. The number of rotatable bonds is 5. The van der Waals surface area contributed by atoms with E-state index >= 15 is 0 Å². The maximum Gasteiger partial charge on any atom is 0.318 e. The van der Waals surface area contributed by atoms with Crippen molar-refractivity contribution in [3.8, 4) is 0 Å². The Labute approximate surface area is 115 Å². The molecule has 20 heavy (non-hydrogen) atoms. The molecule has 0 heterocycles. The molecule has 0 aliphatic rings. The molecule has 0 unspecified atom stereocenters. The van der Waals surface area contributed by atoms with Gasteiger partial charge in [-0.15, -0.1) is 0 Å². The number of carboxylic acid groups (broad SMARTS) is 1. The molecule has 0 atom stereocenters. The number of carboxylic acids is 1. The van der Waals surface area contributed by atoms with Gasteiger partial charge in [-0.1, -0.05) is 0 Å². The van der Waals surface area contributed by atoms with E-state index in [9.17, 15) is 22.4 Å². The number of halogens is 1. The summed E-state index contributed by atoms with van der Waals surface area (Å²) in [7, 11) is -3.21. The number of hydrogen-bond acceptors (Lipinski definition) is 4. The number of nitrogens with zero attached hydrogens (tertiary/aromatic N) is 1. The van der Waals surface area contributed by atoms with E-state index in [1.54, 1.807) is 0 Å². The van der Waals surface area contributed by atoms with Gasteiger partial charge in [0.2, 0.25) is 15.9 Å². The smallest absolute Gasteiger partial charge is 0.318 e. The molecule has 2 N–H and O–H groups in total. The number of amides is 1. The molecule has 1 rings (SSSR count). The number of hydrogen-bond donors (Lipinski definition) is 2. The largest absolute Gasteiger partial charge is 0.480 e. The number of sulfonamides is 1. The summed E-state index contributed by atoms with van der Waals surface area (Å²) in [5.74, 6) is -2.86. The predicted molar refractivity (Wildman–Crippen MR) is 68.2 cm³/mol. The van der Waals surface area contributed by atoms with Crippen molar-refractivity contribution in [2.45, 2.75) is 11.8 Å². The zero-order valence-corrected chi connectivity index (χ0v) is 11.6. The van der Waals surface area contributed by atoms with Crippen LogP contribution in [0.4, 0.5) is 10.1 Å². The van der Waals surface area contributed by atoms with Crippen LogP contribution < -0.4 is 5.32 Å². The second-order valence-corrected chi connectivity index (χ2v) is 5.99. The Morgan fingerprint density at radius 3 is 2.45 bits per heavy atom. The number of carbonyl (C=O) groups excluding carboxylic acids is 1. The average Bonchev–Trinajstić information content (AvgIpc) is 2.26. The molecule has 9 heteroatoms. The first-order valence-electron chi connectivity index (χ1n) is 5.40. The highest BCUT2D eigenvalue weighted by molar-refractivity contribution is 7.89. The molecule has 0 aromatic heterocycles. The Balaban J connectivity index is 3.13. The van der Waals surface area contributed by atoms with Gasteiger partial charge in [-0.3, -0.25) is 9.59 Å². The lowest BCUT2D eigenvalue weighted by Crippen LogP contribution is -2.32. The van der Waals surface area contributed by atoms with Crippen LogP contribution in [0.3, 0.4) is 0 Å². The van der Waals surface area contributed by atoms with Gasteiger partial charge >= 0.3 is 5.97 Å². The van der Waals surface area contributed by atoms with Gasteiger partial charge in [-0.05, 0) is 18.2 Å². The number of benzene rings is 1. The Kier molecular flexibility index (Phi) is 4.79. The Bertz CT molecular complexity index is 644. The quantitative estimate of drug-likeness (QED) is 0.824. The van der Waals surface area contributed by atoms with E-state index in [-0.39, 0.29) is 5.69 Å². The lowest BCUT2D eigenvalue weighted by atomic mass is 10.3. The SMILES string of the molecule is CC(=O)Nc1ccc(S(=O)(=O)N(C)CC(=O)O)c(F)c1. The van der Waals surface area contributed by atoms with E-state index in [1.165, 1.54) is 13.0 Å². The van der Waals surface area contributed by atoms with Crippen LogP contribution in [0.2, 0.25) is 0 Å². The van der Waals surface area contributed by atoms with Crippen molar-refractivity contribution in [2.24, 2.45) is 0 Å². The summed E-state index contributed by atoms with van der Waals surface area (Å²) >= 11 is 0. The average molecular weight is 304 g/mol. The number of likely N-dealkylation sites (N-methyl/N-ethyl adjacent to an activating group) is 1. The molecule has 0 saturated carbocycles. The number of carbonyl (C=O) groups is 2. The van der Waals surface area contributed by atoms with Gasteiger partial charge in [0, 0.05) is 19.7 Å². The Morgan fingerprint density at radius 2 is 2.00 bits per heavy atom. The van der Waals surface area contributed by atoms with Crippen molar-refractivity contribution in [3.63, 3.8) is 0 Å². The third-order valence-electron chi connectivity index (χ3n) is 2.30. The summed E-state index contributed by atoms with van der Waals surface area (Å²) in [4.78, 5) is 20.7. The van der Waals surface area contributed by atoms with Crippen molar-refractivity contribution in [1.82, 2.24) is 4.31 Å². The highest BCUT2D eigenvalue weighted by Crippen LogP contribution is 2.21. The lowest BCUT2D eigenvalue weighted by molar-refractivity contribution is -0.137. The van der Waals surface area contributed by atoms with E-state index < -0.39 is 39.2 Å². The maximum atomic E-state index is 13.8. The molecular formula is C11H13FN2O5S. The Morgan fingerprint density at radius 1 is 1.40 bits per heavy atom. The first-order chi connectivity index (χ1) is 9.14. The molecule has 1 aromatic carbocycles. The molecule has 1 aromatic rings. The van der Waals surface area contributed by atoms with Crippen molar-refractivity contribution < 1.29 is 27.5 Å². The van der Waals surface area contributed by atoms with E-state index in [2.05, 4.69) is 5.32 Å². The fourth-order valence-corrected chi connectivity index (χ4v) is 2.60. The van der Waals surface area contributed by atoms with Gasteiger partial charge in [-0.25, -0.2) is 12.8 Å². The van der Waals surface area contributed by atoms with Crippen LogP contribution in [0.15, 0.2) is 23.1 Å². The molecule has 0 spiro atoms. The summed E-state index contributed by atoms with van der Waals surface area (Å²) in [6.45, 7) is 0.443. The van der Waals surface area contributed by atoms with E-state index in [0.717, 1.165) is 19.2 Å². The van der Waals surface area contributed by atoms with Gasteiger partial charge < -0.3 is 10.4 Å². The normalized spacial score (nSPS) is 11.4. The van der Waals surface area contributed by atoms with Gasteiger partial charge in [0.1, 0.15) is 17.3 Å². The molecule has 7 nitrogen and oxygen atoms in total. The van der Waals surface area contributed by atoms with Gasteiger partial charge in [-0.2, -0.15) is 4.31 Å². The first kappa shape index (κ1) is 16.1. The van der Waals surface area contributed by atoms with E-state index in [0.29, 0.717) is 4.31 Å². The highest BCUT2D eigenvalue weighted by atomic mass is 32.2. The molecule has 0 fully saturated rings. The van der Waals surface area contributed by atoms with Crippen LogP contribution in [-0.4, -0.2) is 43.3 Å². The molecule has 0 radical (unpaired) electrons. The van der Waals surface area contributed by atoms with Crippen LogP contribution in [0.25, 0.3) is 0 Å². The summed E-state index contributed by atoms with van der Waals surface area (Å²) in [5.41, 5.74) is 0.106. The highest BCUT2D eigenvalue weighted by Gasteiger charge is 2.26. The van der Waals surface area contributed by atoms with E-state index in [4.69, 9.17) is 5.11 Å². The topological polar surface area (TPSA) is 104 Å². The number of nitrogens with one attached hydrogen (secondary N) is 1. The van der Waals surface area contributed by atoms with Crippen LogP contribution >= 0.6 is 0 Å². The minimum atomic E-state index is -4.25. The zero-order chi connectivity index (χ0) is 15.5. The minimum absolute atomic E-state index is 0.106. The molecule has 0 aliphatic heterocycles. The number of aliphatic carboxylic acids is 1. The molecular weight excluding hydrogens is 291 g/mol. The molecule has 0 bridgehead atoms. The summed E-state index contributed by atoms with van der Waals surface area (Å²) in [6.07, 6.45) is 0. The fraction of sp³-hybridized carbons (Fsp3) is 0.273. The number of anilines is 1. The van der Waals surface area contributed by atoms with Crippen molar-refractivity contribution >= 4 is 27.6 Å². The third kappa shape index (κ3) is 3.75. The third-order valence-corrected chi connectivity index (χ3v) is 4.14. The molecule has 0 saturated heterocycles. The monoisotopic (exact) mass is 304 g/mol. The van der Waals surface area contributed by atoms with Gasteiger partial charge in [0.05, 0.1) is 0 Å². The van der Waals surface area contributed by atoms with Crippen LogP contribution in [0.5, 0.6) is 0 Å². The standard InChI is InChI=1S/C11H13FN2O5S/c1-7(15)13-8-3-4-10(9(12)5-8)20(18,19)14(2)6-11(16)17/h3-5H,6H2,1-2H3,(H,13,15)(H,16,17).